The molecule has 0 fully saturated rings. The van der Waals surface area contributed by atoms with Gasteiger partial charge in [-0.3, -0.25) is 0 Å². The predicted molar refractivity (Wildman–Crippen MR) is 115 cm³/mol. The number of aryl methyl sites for hydroxylation is 3. The van der Waals surface area contributed by atoms with Crippen LogP contribution in [0, 0.1) is 6.92 Å². The van der Waals surface area contributed by atoms with Gasteiger partial charge in [0, 0.05) is 0 Å². The van der Waals surface area contributed by atoms with E-state index >= 15 is 0 Å². The summed E-state index contributed by atoms with van der Waals surface area (Å²) in [7, 11) is 1.55. The molecule has 0 aliphatic heterocycles. The number of hydrogen-bond acceptors (Lipinski definition) is 4. The number of nitrogens with one attached hydrogen (secondary N) is 1. The molecule has 0 amide bonds. The molecule has 0 heterocycles. The summed E-state index contributed by atoms with van der Waals surface area (Å²) in [5.41, 5.74) is 5.57. The Bertz CT molecular complexity index is 789. The summed E-state index contributed by atoms with van der Waals surface area (Å²) in [6.07, 6.45) is 1.95. The Morgan fingerprint density at radius 2 is 1.74 bits per heavy atom. The summed E-state index contributed by atoms with van der Waals surface area (Å²) < 4.78 is 17.1. The van der Waals surface area contributed by atoms with Gasteiger partial charge in [0.05, 0.1) is 25.0 Å². The average molecular weight is 388 g/mol. The van der Waals surface area contributed by atoms with E-state index in [1.54, 1.807) is 7.11 Å². The van der Waals surface area contributed by atoms with E-state index in [0.29, 0.717) is 18.4 Å². The monoisotopic (exact) mass is 387 g/mol. The maximum Gasteiger partial charge on any atom is 0.260 e. The lowest BCUT2D eigenvalue weighted by Gasteiger charge is -2.19. The van der Waals surface area contributed by atoms with Crippen molar-refractivity contribution in [2.75, 3.05) is 19.0 Å². The van der Waals surface area contributed by atoms with Crippen molar-refractivity contribution in [3.05, 3.63) is 52.6 Å². The molecule has 0 saturated carbocycles. The molecule has 1 N–H and O–H groups in total. The summed E-state index contributed by atoms with van der Waals surface area (Å²) in [5.74, 6) is 1.69. The number of rotatable bonds is 8. The predicted octanol–water partition coefficient (Wildman–Crippen LogP) is 5.44. The van der Waals surface area contributed by atoms with Crippen molar-refractivity contribution in [3.8, 4) is 11.5 Å². The van der Waals surface area contributed by atoms with E-state index in [2.05, 4.69) is 38.2 Å². The maximum absolute atomic E-state index is 6.23. The molecule has 0 radical (unpaired) electrons. The summed E-state index contributed by atoms with van der Waals surface area (Å²) in [6.45, 7) is 9.38. The summed E-state index contributed by atoms with van der Waals surface area (Å²) >= 11 is 5.15. The van der Waals surface area contributed by atoms with Crippen molar-refractivity contribution in [2.24, 2.45) is 0 Å². The minimum absolute atomic E-state index is 0.308. The quantitative estimate of drug-likeness (QED) is 0.611. The first-order valence-corrected chi connectivity index (χ1v) is 9.79. The second-order valence-electron chi connectivity index (χ2n) is 6.21. The van der Waals surface area contributed by atoms with Gasteiger partial charge in [0.15, 0.2) is 0 Å². The van der Waals surface area contributed by atoms with Crippen molar-refractivity contribution in [1.82, 2.24) is 0 Å². The van der Waals surface area contributed by atoms with Gasteiger partial charge in [-0.15, -0.1) is 0 Å². The molecule has 0 saturated heterocycles. The lowest BCUT2D eigenvalue weighted by molar-refractivity contribution is 0.285. The molecule has 2 rings (SSSR count). The number of hydrogen-bond donors (Lipinski definition) is 1. The average Bonchev–Trinajstić information content (AvgIpc) is 2.67. The van der Waals surface area contributed by atoms with E-state index in [1.807, 2.05) is 25.1 Å². The van der Waals surface area contributed by atoms with E-state index in [4.69, 9.17) is 26.4 Å². The minimum Gasteiger partial charge on any atom is -0.493 e. The second-order valence-corrected chi connectivity index (χ2v) is 6.58. The standard InChI is InChI=1S/C22H29NO3S/c1-6-16-13-17(7-2)21(12-15(16)4)26-14-18-19(23-22(27)24-5)10-9-11-20(18)25-8-3/h9-13H,6-8,14H2,1-5H3,(H,23,27). The molecule has 5 heteroatoms. The van der Waals surface area contributed by atoms with Crippen LogP contribution in [0.2, 0.25) is 0 Å². The molecule has 0 aromatic heterocycles. The van der Waals surface area contributed by atoms with Gasteiger partial charge in [-0.2, -0.15) is 0 Å². The highest BCUT2D eigenvalue weighted by molar-refractivity contribution is 7.80. The third kappa shape index (κ3) is 5.36. The molecule has 0 unspecified atom stereocenters. The van der Waals surface area contributed by atoms with Gasteiger partial charge in [0.2, 0.25) is 0 Å². The molecular formula is C22H29NO3S. The molecule has 146 valence electrons. The van der Waals surface area contributed by atoms with E-state index in [1.165, 1.54) is 16.7 Å². The first-order chi connectivity index (χ1) is 13.0. The van der Waals surface area contributed by atoms with E-state index < -0.39 is 0 Å². The molecule has 0 aliphatic rings. The highest BCUT2D eigenvalue weighted by Gasteiger charge is 2.14. The number of ether oxygens (including phenoxy) is 3. The summed E-state index contributed by atoms with van der Waals surface area (Å²) in [6, 6.07) is 10.2. The fourth-order valence-corrected chi connectivity index (χ4v) is 3.11. The van der Waals surface area contributed by atoms with Crippen LogP contribution in [0.4, 0.5) is 5.69 Å². The topological polar surface area (TPSA) is 39.7 Å². The van der Waals surface area contributed by atoms with Crippen LogP contribution in [-0.4, -0.2) is 18.9 Å². The zero-order valence-electron chi connectivity index (χ0n) is 16.8. The molecule has 4 nitrogen and oxygen atoms in total. The lowest BCUT2D eigenvalue weighted by atomic mass is 10.0. The fraction of sp³-hybridized carbons (Fsp3) is 0.409. The third-order valence-corrected chi connectivity index (χ3v) is 4.78. The number of methoxy groups -OCH3 is 1. The molecule has 27 heavy (non-hydrogen) atoms. The van der Waals surface area contributed by atoms with Gasteiger partial charge in [0.1, 0.15) is 18.1 Å². The SMILES string of the molecule is CCOc1cccc(NC(=S)OC)c1COc1cc(C)c(CC)cc1CC. The lowest BCUT2D eigenvalue weighted by Crippen LogP contribution is -2.14. The molecule has 0 atom stereocenters. The van der Waals surface area contributed by atoms with E-state index in [-0.39, 0.29) is 0 Å². The van der Waals surface area contributed by atoms with Crippen molar-refractivity contribution in [2.45, 2.75) is 47.1 Å². The first kappa shape index (κ1) is 21.0. The maximum atomic E-state index is 6.23. The van der Waals surface area contributed by atoms with Crippen LogP contribution in [0.3, 0.4) is 0 Å². The van der Waals surface area contributed by atoms with Gasteiger partial charge < -0.3 is 19.5 Å². The molecule has 2 aromatic rings. The van der Waals surface area contributed by atoms with Crippen LogP contribution in [0.1, 0.15) is 43.0 Å². The number of benzene rings is 2. The van der Waals surface area contributed by atoms with Crippen LogP contribution < -0.4 is 14.8 Å². The van der Waals surface area contributed by atoms with Crippen molar-refractivity contribution < 1.29 is 14.2 Å². The molecule has 0 spiro atoms. The Morgan fingerprint density at radius 1 is 1.00 bits per heavy atom. The largest absolute Gasteiger partial charge is 0.493 e. The highest BCUT2D eigenvalue weighted by Crippen LogP contribution is 2.31. The smallest absolute Gasteiger partial charge is 0.260 e. The zero-order valence-corrected chi connectivity index (χ0v) is 17.7. The van der Waals surface area contributed by atoms with Crippen molar-refractivity contribution >= 4 is 23.1 Å². The minimum atomic E-state index is 0.308. The zero-order chi connectivity index (χ0) is 19.8. The second kappa shape index (κ2) is 10.2. The Balaban J connectivity index is 2.33. The van der Waals surface area contributed by atoms with Crippen molar-refractivity contribution in [1.29, 1.82) is 0 Å². The number of thiocarbonyl (C=S) groups is 1. The van der Waals surface area contributed by atoms with Gasteiger partial charge in [-0.25, -0.2) is 0 Å². The van der Waals surface area contributed by atoms with E-state index in [9.17, 15) is 0 Å². The Morgan fingerprint density at radius 3 is 2.37 bits per heavy atom. The van der Waals surface area contributed by atoms with Gasteiger partial charge in [-0.1, -0.05) is 26.0 Å². The molecule has 0 aliphatic carbocycles. The van der Waals surface area contributed by atoms with Gasteiger partial charge in [0.25, 0.3) is 5.17 Å². The van der Waals surface area contributed by atoms with Crippen LogP contribution in [-0.2, 0) is 24.2 Å². The summed E-state index contributed by atoms with van der Waals surface area (Å²) in [5, 5.41) is 3.41. The van der Waals surface area contributed by atoms with Crippen LogP contribution in [0.25, 0.3) is 0 Å². The Hall–Kier alpha value is -2.27. The van der Waals surface area contributed by atoms with Crippen LogP contribution >= 0.6 is 12.2 Å². The first-order valence-electron chi connectivity index (χ1n) is 9.38. The van der Waals surface area contributed by atoms with E-state index in [0.717, 1.165) is 35.6 Å². The third-order valence-electron chi connectivity index (χ3n) is 4.51. The van der Waals surface area contributed by atoms with Crippen LogP contribution in [0.5, 0.6) is 11.5 Å². The molecular weight excluding hydrogens is 358 g/mol. The van der Waals surface area contributed by atoms with Crippen molar-refractivity contribution in [3.63, 3.8) is 0 Å². The molecule has 2 aromatic carbocycles. The Kier molecular flexibility index (Phi) is 7.92. The normalized spacial score (nSPS) is 10.4. The molecule has 0 bridgehead atoms. The van der Waals surface area contributed by atoms with Gasteiger partial charge >= 0.3 is 0 Å². The van der Waals surface area contributed by atoms with Crippen LogP contribution in [0.15, 0.2) is 30.3 Å². The highest BCUT2D eigenvalue weighted by atomic mass is 32.1. The Labute approximate surface area is 167 Å². The fourth-order valence-electron chi connectivity index (χ4n) is 3.00. The summed E-state index contributed by atoms with van der Waals surface area (Å²) in [4.78, 5) is 0. The van der Waals surface area contributed by atoms with Gasteiger partial charge in [-0.05, 0) is 73.8 Å². The number of anilines is 1.